The van der Waals surface area contributed by atoms with Gasteiger partial charge in [-0.25, -0.2) is 9.37 Å². The van der Waals surface area contributed by atoms with Crippen LogP contribution in [0.25, 0.3) is 10.2 Å². The predicted molar refractivity (Wildman–Crippen MR) is 78.1 cm³/mol. The van der Waals surface area contributed by atoms with Crippen LogP contribution in [0.4, 0.5) is 10.3 Å². The minimum atomic E-state index is -0.417. The number of halogens is 1. The summed E-state index contributed by atoms with van der Waals surface area (Å²) in [5, 5.41) is 5.72. The van der Waals surface area contributed by atoms with Gasteiger partial charge in [0.25, 0.3) is 0 Å². The number of anilines is 1. The molecule has 0 amide bonds. The zero-order chi connectivity index (χ0) is 13.9. The number of rotatable bonds is 4. The molecule has 102 valence electrons. The standard InChI is InChI=1S/C14H12FN3OS/c1-2-16-14-17-12(9-7-8-20-13(9)18-14)19-11-6-4-3-5-10(11)15/h3-8H,2H2,1H3,(H,16,17,18). The smallest absolute Gasteiger partial charge is 0.233 e. The van der Waals surface area contributed by atoms with Crippen molar-refractivity contribution in [3.63, 3.8) is 0 Å². The Kier molecular flexibility index (Phi) is 3.47. The average Bonchev–Trinajstić information content (AvgIpc) is 2.90. The summed E-state index contributed by atoms with van der Waals surface area (Å²) in [6.07, 6.45) is 0. The van der Waals surface area contributed by atoms with Crippen molar-refractivity contribution in [3.05, 3.63) is 41.5 Å². The van der Waals surface area contributed by atoms with Crippen molar-refractivity contribution in [3.8, 4) is 11.6 Å². The van der Waals surface area contributed by atoms with Gasteiger partial charge in [0.2, 0.25) is 11.8 Å². The molecule has 0 saturated carbocycles. The summed E-state index contributed by atoms with van der Waals surface area (Å²) in [5.74, 6) is 0.576. The Balaban J connectivity index is 2.05. The number of ether oxygens (including phenoxy) is 1. The summed E-state index contributed by atoms with van der Waals surface area (Å²) < 4.78 is 19.3. The fourth-order valence-electron chi connectivity index (χ4n) is 1.77. The molecule has 0 fully saturated rings. The van der Waals surface area contributed by atoms with Crippen LogP contribution in [-0.4, -0.2) is 16.5 Å². The number of hydrogen-bond acceptors (Lipinski definition) is 5. The zero-order valence-corrected chi connectivity index (χ0v) is 11.6. The molecule has 0 bridgehead atoms. The molecule has 6 heteroatoms. The van der Waals surface area contributed by atoms with Gasteiger partial charge in [0, 0.05) is 6.54 Å². The molecule has 20 heavy (non-hydrogen) atoms. The van der Waals surface area contributed by atoms with E-state index in [9.17, 15) is 4.39 Å². The molecule has 0 aliphatic carbocycles. The minimum Gasteiger partial charge on any atom is -0.435 e. The van der Waals surface area contributed by atoms with Gasteiger partial charge < -0.3 is 10.1 Å². The Bertz CT molecular complexity index is 744. The first kappa shape index (κ1) is 12.8. The molecule has 0 aliphatic heterocycles. The van der Waals surface area contributed by atoms with Crippen LogP contribution < -0.4 is 10.1 Å². The first-order valence-electron chi connectivity index (χ1n) is 6.19. The fourth-order valence-corrected chi connectivity index (χ4v) is 2.53. The molecule has 1 N–H and O–H groups in total. The number of para-hydroxylation sites is 1. The zero-order valence-electron chi connectivity index (χ0n) is 10.8. The third kappa shape index (κ3) is 2.42. The first-order valence-corrected chi connectivity index (χ1v) is 7.07. The highest BCUT2D eigenvalue weighted by atomic mass is 32.1. The summed E-state index contributed by atoms with van der Waals surface area (Å²) in [6, 6.07) is 8.13. The molecule has 0 saturated heterocycles. The van der Waals surface area contributed by atoms with E-state index < -0.39 is 5.82 Å². The molecule has 0 aliphatic rings. The van der Waals surface area contributed by atoms with Crippen molar-refractivity contribution in [2.45, 2.75) is 6.92 Å². The highest BCUT2D eigenvalue weighted by molar-refractivity contribution is 7.16. The summed E-state index contributed by atoms with van der Waals surface area (Å²) in [7, 11) is 0. The molecule has 0 radical (unpaired) electrons. The van der Waals surface area contributed by atoms with Crippen LogP contribution in [0.2, 0.25) is 0 Å². The van der Waals surface area contributed by atoms with E-state index in [2.05, 4.69) is 15.3 Å². The van der Waals surface area contributed by atoms with Crippen LogP contribution in [0, 0.1) is 5.82 Å². The maximum atomic E-state index is 13.7. The number of aromatic nitrogens is 2. The van der Waals surface area contributed by atoms with Crippen LogP contribution in [0.1, 0.15) is 6.92 Å². The normalized spacial score (nSPS) is 10.7. The van der Waals surface area contributed by atoms with Crippen molar-refractivity contribution >= 4 is 27.5 Å². The maximum absolute atomic E-state index is 13.7. The Morgan fingerprint density at radius 1 is 1.25 bits per heavy atom. The summed E-state index contributed by atoms with van der Waals surface area (Å²) >= 11 is 1.49. The van der Waals surface area contributed by atoms with Gasteiger partial charge in [0.05, 0.1) is 5.39 Å². The van der Waals surface area contributed by atoms with Gasteiger partial charge in [-0.1, -0.05) is 12.1 Å². The molecule has 3 rings (SSSR count). The lowest BCUT2D eigenvalue weighted by atomic mass is 10.3. The Labute approximate surface area is 119 Å². The largest absolute Gasteiger partial charge is 0.435 e. The lowest BCUT2D eigenvalue weighted by Crippen LogP contribution is -2.03. The molecule has 1 aromatic carbocycles. The second-order valence-corrected chi connectivity index (χ2v) is 4.95. The number of thiophene rings is 1. The first-order chi connectivity index (χ1) is 9.78. The van der Waals surface area contributed by atoms with E-state index in [4.69, 9.17) is 4.74 Å². The highest BCUT2D eigenvalue weighted by Gasteiger charge is 2.12. The second kappa shape index (κ2) is 5.42. The van der Waals surface area contributed by atoms with Crippen molar-refractivity contribution in [1.82, 2.24) is 9.97 Å². The molecule has 0 atom stereocenters. The van der Waals surface area contributed by atoms with Crippen molar-refractivity contribution in [2.24, 2.45) is 0 Å². The van der Waals surface area contributed by atoms with Gasteiger partial charge >= 0.3 is 0 Å². The Morgan fingerprint density at radius 3 is 2.90 bits per heavy atom. The fraction of sp³-hybridized carbons (Fsp3) is 0.143. The Morgan fingerprint density at radius 2 is 2.10 bits per heavy atom. The van der Waals surface area contributed by atoms with Crippen LogP contribution in [-0.2, 0) is 0 Å². The monoisotopic (exact) mass is 289 g/mol. The quantitative estimate of drug-likeness (QED) is 0.787. The van der Waals surface area contributed by atoms with Gasteiger partial charge in [0.15, 0.2) is 11.6 Å². The van der Waals surface area contributed by atoms with E-state index in [1.807, 2.05) is 18.4 Å². The third-order valence-electron chi connectivity index (χ3n) is 2.67. The molecule has 2 aromatic heterocycles. The van der Waals surface area contributed by atoms with Gasteiger partial charge in [-0.2, -0.15) is 4.98 Å². The van der Waals surface area contributed by atoms with Crippen LogP contribution in [0.15, 0.2) is 35.7 Å². The summed E-state index contributed by atoms with van der Waals surface area (Å²) in [6.45, 7) is 2.66. The van der Waals surface area contributed by atoms with Crippen LogP contribution in [0.5, 0.6) is 11.6 Å². The molecule has 0 unspecified atom stereocenters. The van der Waals surface area contributed by atoms with Crippen LogP contribution >= 0.6 is 11.3 Å². The topological polar surface area (TPSA) is 47.0 Å². The summed E-state index contributed by atoms with van der Waals surface area (Å²) in [5.41, 5.74) is 0. The molecular weight excluding hydrogens is 277 g/mol. The molecular formula is C14H12FN3OS. The number of nitrogens with zero attached hydrogens (tertiary/aromatic N) is 2. The van der Waals surface area contributed by atoms with Crippen molar-refractivity contribution < 1.29 is 9.13 Å². The average molecular weight is 289 g/mol. The lowest BCUT2D eigenvalue weighted by Gasteiger charge is -2.08. The van der Waals surface area contributed by atoms with Gasteiger partial charge in [-0.05, 0) is 30.5 Å². The summed E-state index contributed by atoms with van der Waals surface area (Å²) in [4.78, 5) is 9.47. The molecule has 0 spiro atoms. The van der Waals surface area contributed by atoms with E-state index in [1.165, 1.54) is 17.4 Å². The highest BCUT2D eigenvalue weighted by Crippen LogP contribution is 2.32. The van der Waals surface area contributed by atoms with Gasteiger partial charge in [-0.3, -0.25) is 0 Å². The number of hydrogen-bond donors (Lipinski definition) is 1. The van der Waals surface area contributed by atoms with Crippen molar-refractivity contribution in [1.29, 1.82) is 0 Å². The number of fused-ring (bicyclic) bond motifs is 1. The maximum Gasteiger partial charge on any atom is 0.233 e. The molecule has 4 nitrogen and oxygen atoms in total. The van der Waals surface area contributed by atoms with Gasteiger partial charge in [0.1, 0.15) is 4.83 Å². The Hall–Kier alpha value is -2.21. The van der Waals surface area contributed by atoms with Crippen molar-refractivity contribution in [2.75, 3.05) is 11.9 Å². The third-order valence-corrected chi connectivity index (χ3v) is 3.47. The van der Waals surface area contributed by atoms with E-state index in [0.29, 0.717) is 18.4 Å². The number of nitrogens with one attached hydrogen (secondary N) is 1. The van der Waals surface area contributed by atoms with E-state index in [0.717, 1.165) is 10.2 Å². The second-order valence-electron chi connectivity index (χ2n) is 4.05. The van der Waals surface area contributed by atoms with E-state index in [-0.39, 0.29) is 5.75 Å². The molecule has 2 heterocycles. The molecule has 3 aromatic rings. The van der Waals surface area contributed by atoms with Crippen LogP contribution in [0.3, 0.4) is 0 Å². The van der Waals surface area contributed by atoms with E-state index >= 15 is 0 Å². The predicted octanol–water partition coefficient (Wildman–Crippen LogP) is 4.05. The van der Waals surface area contributed by atoms with E-state index in [1.54, 1.807) is 18.2 Å². The van der Waals surface area contributed by atoms with Gasteiger partial charge in [-0.15, -0.1) is 11.3 Å². The SMILES string of the molecule is CCNc1nc(Oc2ccccc2F)c2ccsc2n1. The lowest BCUT2D eigenvalue weighted by molar-refractivity contribution is 0.432. The number of benzene rings is 1. The minimum absolute atomic E-state index is 0.154.